The summed E-state index contributed by atoms with van der Waals surface area (Å²) in [6.07, 6.45) is 2.79. The van der Waals surface area contributed by atoms with E-state index in [0.29, 0.717) is 13.0 Å². The summed E-state index contributed by atoms with van der Waals surface area (Å²) in [5, 5.41) is 1.14. The highest BCUT2D eigenvalue weighted by Crippen LogP contribution is 2.16. The number of ether oxygens (including phenoxy) is 2. The predicted octanol–water partition coefficient (Wildman–Crippen LogP) is 2.68. The van der Waals surface area contributed by atoms with Crippen molar-refractivity contribution in [3.05, 3.63) is 36.0 Å². The average Bonchev–Trinajstić information content (AvgIpc) is 2.90. The molecule has 0 amide bonds. The third-order valence-electron chi connectivity index (χ3n) is 3.03. The number of hydrogen-bond acceptors (Lipinski definition) is 3. The van der Waals surface area contributed by atoms with E-state index in [1.807, 2.05) is 31.3 Å². The summed E-state index contributed by atoms with van der Waals surface area (Å²) in [5.41, 5.74) is 2.16. The van der Waals surface area contributed by atoms with Crippen molar-refractivity contribution in [2.24, 2.45) is 0 Å². The van der Waals surface area contributed by atoms with Gasteiger partial charge in [-0.3, -0.25) is 0 Å². The zero-order valence-electron chi connectivity index (χ0n) is 11.3. The maximum absolute atomic E-state index is 11.7. The maximum Gasteiger partial charge on any atom is 0.335 e. The van der Waals surface area contributed by atoms with Crippen LogP contribution in [0.2, 0.25) is 0 Å². The van der Waals surface area contributed by atoms with Gasteiger partial charge < -0.3 is 14.5 Å². The Bertz CT molecular complexity index is 547. The van der Waals surface area contributed by atoms with Gasteiger partial charge in [0.05, 0.1) is 7.11 Å². The summed E-state index contributed by atoms with van der Waals surface area (Å²) in [6.45, 7) is 2.58. The Kier molecular flexibility index (Phi) is 4.58. The fraction of sp³-hybridized carbons (Fsp3) is 0.400. The molecule has 102 valence electrons. The molecule has 0 aliphatic rings. The smallest absolute Gasteiger partial charge is 0.335 e. The molecule has 19 heavy (non-hydrogen) atoms. The van der Waals surface area contributed by atoms with Crippen LogP contribution in [0, 0.1) is 0 Å². The first-order valence-corrected chi connectivity index (χ1v) is 6.50. The molecular formula is C15H19NO3. The summed E-state index contributed by atoms with van der Waals surface area (Å²) < 4.78 is 10.3. The van der Waals surface area contributed by atoms with E-state index in [2.05, 4.69) is 11.1 Å². The Labute approximate surface area is 112 Å². The summed E-state index contributed by atoms with van der Waals surface area (Å²) in [5.74, 6) is -0.317. The standard InChI is InChI=1S/C15H19NO3/c1-3-8-19-14(15(17)18-2)10-11-4-5-13-12(9-11)6-7-16-13/h4-7,9,14,16H,3,8,10H2,1-2H3/t14-/m0/s1. The molecule has 0 saturated carbocycles. The van der Waals surface area contributed by atoms with Crippen LogP contribution in [0.5, 0.6) is 0 Å². The topological polar surface area (TPSA) is 51.3 Å². The first-order valence-electron chi connectivity index (χ1n) is 6.50. The number of aromatic amines is 1. The van der Waals surface area contributed by atoms with E-state index in [4.69, 9.17) is 9.47 Å². The highest BCUT2D eigenvalue weighted by atomic mass is 16.6. The van der Waals surface area contributed by atoms with E-state index in [-0.39, 0.29) is 5.97 Å². The molecule has 1 aromatic carbocycles. The number of H-pyrrole nitrogens is 1. The molecule has 4 heteroatoms. The third kappa shape index (κ3) is 3.35. The van der Waals surface area contributed by atoms with Crippen LogP contribution < -0.4 is 0 Å². The number of fused-ring (bicyclic) bond motifs is 1. The number of rotatable bonds is 6. The third-order valence-corrected chi connectivity index (χ3v) is 3.03. The lowest BCUT2D eigenvalue weighted by atomic mass is 10.1. The Morgan fingerprint density at radius 1 is 1.37 bits per heavy atom. The summed E-state index contributed by atoms with van der Waals surface area (Å²) in [4.78, 5) is 14.8. The molecule has 1 N–H and O–H groups in total. The molecule has 0 bridgehead atoms. The van der Waals surface area contributed by atoms with Gasteiger partial charge in [-0.25, -0.2) is 4.79 Å². The number of carbonyl (C=O) groups is 1. The zero-order chi connectivity index (χ0) is 13.7. The number of nitrogens with one attached hydrogen (secondary N) is 1. The molecule has 1 heterocycles. The first kappa shape index (κ1) is 13.6. The monoisotopic (exact) mass is 261 g/mol. The Balaban J connectivity index is 2.12. The normalized spacial score (nSPS) is 12.5. The van der Waals surface area contributed by atoms with Crippen molar-refractivity contribution in [2.75, 3.05) is 13.7 Å². The van der Waals surface area contributed by atoms with Crippen molar-refractivity contribution in [3.8, 4) is 0 Å². The van der Waals surface area contributed by atoms with Crippen LogP contribution >= 0.6 is 0 Å². The maximum atomic E-state index is 11.7. The molecule has 1 aromatic heterocycles. The number of carbonyl (C=O) groups excluding carboxylic acids is 1. The van der Waals surface area contributed by atoms with Crippen LogP contribution in [0.3, 0.4) is 0 Å². The molecule has 0 aliphatic carbocycles. The molecule has 0 unspecified atom stereocenters. The first-order chi connectivity index (χ1) is 9.24. The quantitative estimate of drug-likeness (QED) is 0.813. The van der Waals surface area contributed by atoms with Gasteiger partial charge in [0, 0.05) is 24.7 Å². The van der Waals surface area contributed by atoms with Gasteiger partial charge in [-0.15, -0.1) is 0 Å². The molecular weight excluding hydrogens is 242 g/mol. The largest absolute Gasteiger partial charge is 0.467 e. The van der Waals surface area contributed by atoms with Crippen molar-refractivity contribution >= 4 is 16.9 Å². The number of esters is 1. The van der Waals surface area contributed by atoms with Gasteiger partial charge in [0.1, 0.15) is 0 Å². The Morgan fingerprint density at radius 3 is 2.95 bits per heavy atom. The van der Waals surface area contributed by atoms with E-state index >= 15 is 0 Å². The second-order valence-corrected chi connectivity index (χ2v) is 4.49. The second-order valence-electron chi connectivity index (χ2n) is 4.49. The molecule has 4 nitrogen and oxygen atoms in total. The van der Waals surface area contributed by atoms with Gasteiger partial charge in [-0.2, -0.15) is 0 Å². The number of aromatic nitrogens is 1. The second kappa shape index (κ2) is 6.38. The van der Waals surface area contributed by atoms with Crippen LogP contribution in [-0.4, -0.2) is 30.8 Å². The van der Waals surface area contributed by atoms with E-state index < -0.39 is 6.10 Å². The van der Waals surface area contributed by atoms with Crippen molar-refractivity contribution in [3.63, 3.8) is 0 Å². The summed E-state index contributed by atoms with van der Waals surface area (Å²) in [6, 6.07) is 8.10. The van der Waals surface area contributed by atoms with Gasteiger partial charge >= 0.3 is 5.97 Å². The molecule has 0 spiro atoms. The molecule has 0 saturated heterocycles. The fourth-order valence-electron chi connectivity index (χ4n) is 2.05. The Hall–Kier alpha value is -1.81. The molecule has 0 fully saturated rings. The van der Waals surface area contributed by atoms with Crippen molar-refractivity contribution < 1.29 is 14.3 Å². The number of hydrogen-bond donors (Lipinski definition) is 1. The molecule has 0 radical (unpaired) electrons. The van der Waals surface area contributed by atoms with E-state index in [1.165, 1.54) is 7.11 Å². The van der Waals surface area contributed by atoms with Crippen LogP contribution in [0.25, 0.3) is 10.9 Å². The van der Waals surface area contributed by atoms with E-state index in [0.717, 1.165) is 22.9 Å². The minimum absolute atomic E-state index is 0.317. The summed E-state index contributed by atoms with van der Waals surface area (Å²) >= 11 is 0. The average molecular weight is 261 g/mol. The van der Waals surface area contributed by atoms with Crippen molar-refractivity contribution in [1.82, 2.24) is 4.98 Å². The molecule has 0 aliphatic heterocycles. The van der Waals surface area contributed by atoms with Crippen molar-refractivity contribution in [2.45, 2.75) is 25.9 Å². The van der Waals surface area contributed by atoms with Gasteiger partial charge in [-0.05, 0) is 35.6 Å². The predicted molar refractivity (Wildman–Crippen MR) is 74.0 cm³/mol. The number of benzene rings is 1. The minimum atomic E-state index is -0.527. The fourth-order valence-corrected chi connectivity index (χ4v) is 2.05. The lowest BCUT2D eigenvalue weighted by molar-refractivity contribution is -0.154. The molecule has 2 aromatic rings. The summed E-state index contributed by atoms with van der Waals surface area (Å²) in [7, 11) is 1.39. The van der Waals surface area contributed by atoms with Gasteiger partial charge in [0.25, 0.3) is 0 Å². The van der Waals surface area contributed by atoms with E-state index in [1.54, 1.807) is 0 Å². The van der Waals surface area contributed by atoms with Crippen LogP contribution in [-0.2, 0) is 20.7 Å². The molecule has 1 atom stereocenters. The van der Waals surface area contributed by atoms with Crippen LogP contribution in [0.1, 0.15) is 18.9 Å². The zero-order valence-corrected chi connectivity index (χ0v) is 11.3. The molecule has 2 rings (SSSR count). The highest BCUT2D eigenvalue weighted by molar-refractivity contribution is 5.80. The van der Waals surface area contributed by atoms with Crippen LogP contribution in [0.15, 0.2) is 30.5 Å². The minimum Gasteiger partial charge on any atom is -0.467 e. The van der Waals surface area contributed by atoms with Crippen molar-refractivity contribution in [1.29, 1.82) is 0 Å². The van der Waals surface area contributed by atoms with E-state index in [9.17, 15) is 4.79 Å². The van der Waals surface area contributed by atoms with Gasteiger partial charge in [0.2, 0.25) is 0 Å². The lowest BCUT2D eigenvalue weighted by Gasteiger charge is -2.15. The van der Waals surface area contributed by atoms with Gasteiger partial charge in [-0.1, -0.05) is 13.0 Å². The van der Waals surface area contributed by atoms with Crippen LogP contribution in [0.4, 0.5) is 0 Å². The van der Waals surface area contributed by atoms with Gasteiger partial charge in [0.15, 0.2) is 6.10 Å². The SMILES string of the molecule is CCCO[C@@H](Cc1ccc2[nH]ccc2c1)C(=O)OC. The highest BCUT2D eigenvalue weighted by Gasteiger charge is 2.20. The Morgan fingerprint density at radius 2 is 2.21 bits per heavy atom. The lowest BCUT2D eigenvalue weighted by Crippen LogP contribution is -2.28. The number of methoxy groups -OCH3 is 1.